The third kappa shape index (κ3) is 5.46. The second-order valence-electron chi connectivity index (χ2n) is 7.62. The minimum absolute atomic E-state index is 0.00213. The molecule has 0 spiro atoms. The maximum atomic E-state index is 12.3. The number of ether oxygens (including phenoxy) is 4. The highest BCUT2D eigenvalue weighted by molar-refractivity contribution is 4.91. The van der Waals surface area contributed by atoms with Crippen LogP contribution in [0.4, 0.5) is 8.78 Å². The van der Waals surface area contributed by atoms with E-state index in [1.807, 2.05) is 0 Å². The maximum absolute atomic E-state index is 12.3. The van der Waals surface area contributed by atoms with E-state index in [2.05, 4.69) is 6.92 Å². The van der Waals surface area contributed by atoms with Crippen molar-refractivity contribution in [1.82, 2.24) is 0 Å². The Bertz CT molecular complexity index is 417. The molecule has 1 saturated carbocycles. The summed E-state index contributed by atoms with van der Waals surface area (Å²) in [6.07, 6.45) is 4.67. The summed E-state index contributed by atoms with van der Waals surface area (Å²) in [6.45, 7) is 4.83. The van der Waals surface area contributed by atoms with Crippen LogP contribution in [0.15, 0.2) is 12.2 Å². The Morgan fingerprint density at radius 3 is 1.96 bits per heavy atom. The molecular formula is C19H30F2O4. The lowest BCUT2D eigenvalue weighted by atomic mass is 9.81. The van der Waals surface area contributed by atoms with E-state index in [1.165, 1.54) is 0 Å². The fraction of sp³-hybridized carbons (Fsp3) is 0.895. The first-order valence-electron chi connectivity index (χ1n) is 9.65. The van der Waals surface area contributed by atoms with Gasteiger partial charge < -0.3 is 18.9 Å². The summed E-state index contributed by atoms with van der Waals surface area (Å²) in [4.78, 5) is 0. The predicted molar refractivity (Wildman–Crippen MR) is 89.0 cm³/mol. The average molecular weight is 360 g/mol. The van der Waals surface area contributed by atoms with Crippen molar-refractivity contribution in [3.8, 4) is 0 Å². The molecule has 4 nitrogen and oxygen atoms in total. The first kappa shape index (κ1) is 19.2. The summed E-state index contributed by atoms with van der Waals surface area (Å²) in [5.74, 6) is 0.907. The lowest BCUT2D eigenvalue weighted by Gasteiger charge is -2.40. The molecule has 3 fully saturated rings. The van der Waals surface area contributed by atoms with E-state index in [0.29, 0.717) is 25.0 Å². The first-order chi connectivity index (χ1) is 12.2. The van der Waals surface area contributed by atoms with Crippen molar-refractivity contribution in [3.05, 3.63) is 12.2 Å². The van der Waals surface area contributed by atoms with E-state index in [9.17, 15) is 8.78 Å². The van der Waals surface area contributed by atoms with Crippen molar-refractivity contribution in [3.63, 3.8) is 0 Å². The number of hydrogen-bond acceptors (Lipinski definition) is 4. The third-order valence-electron chi connectivity index (χ3n) is 5.59. The summed E-state index contributed by atoms with van der Waals surface area (Å²) in [7, 11) is 0. The molecule has 2 saturated heterocycles. The highest BCUT2D eigenvalue weighted by Gasteiger charge is 2.37. The van der Waals surface area contributed by atoms with Gasteiger partial charge in [-0.15, -0.1) is 0 Å². The molecule has 6 heteroatoms. The Kier molecular flexibility index (Phi) is 7.22. The number of rotatable bonds is 5. The summed E-state index contributed by atoms with van der Waals surface area (Å²) in [5.41, 5.74) is 0. The van der Waals surface area contributed by atoms with Crippen molar-refractivity contribution in [2.75, 3.05) is 26.4 Å². The van der Waals surface area contributed by atoms with Crippen LogP contribution in [0, 0.1) is 23.7 Å². The van der Waals surface area contributed by atoms with Crippen LogP contribution in [0.2, 0.25) is 0 Å². The van der Waals surface area contributed by atoms with Crippen LogP contribution in [-0.4, -0.2) is 39.0 Å². The quantitative estimate of drug-likeness (QED) is 0.730. The van der Waals surface area contributed by atoms with Crippen LogP contribution in [-0.2, 0) is 18.9 Å². The Labute approximate surface area is 148 Å². The third-order valence-corrected chi connectivity index (χ3v) is 5.59. The molecule has 3 rings (SSSR count). The van der Waals surface area contributed by atoms with Crippen molar-refractivity contribution in [2.24, 2.45) is 23.7 Å². The molecule has 2 aliphatic heterocycles. The molecule has 144 valence electrons. The van der Waals surface area contributed by atoms with Gasteiger partial charge in [0.25, 0.3) is 6.08 Å². The highest BCUT2D eigenvalue weighted by Crippen LogP contribution is 2.36. The normalized spacial score (nSPS) is 39.8. The van der Waals surface area contributed by atoms with Crippen LogP contribution in [0.3, 0.4) is 0 Å². The fourth-order valence-electron chi connectivity index (χ4n) is 4.13. The number of hydrogen-bond donors (Lipinski definition) is 0. The fourth-order valence-corrected chi connectivity index (χ4v) is 4.13. The number of halogens is 2. The second kappa shape index (κ2) is 9.40. The lowest BCUT2D eigenvalue weighted by Crippen LogP contribution is -2.46. The molecule has 0 radical (unpaired) electrons. The summed E-state index contributed by atoms with van der Waals surface area (Å²) in [5, 5.41) is 0. The van der Waals surface area contributed by atoms with E-state index in [1.54, 1.807) is 0 Å². The minimum Gasteiger partial charge on any atom is -0.352 e. The zero-order chi connectivity index (χ0) is 17.6. The molecule has 0 unspecified atom stereocenters. The number of allylic oxidation sites excluding steroid dienone is 1. The molecule has 25 heavy (non-hydrogen) atoms. The molecule has 3 aliphatic rings. The predicted octanol–water partition coefficient (Wildman–Crippen LogP) is 4.35. The van der Waals surface area contributed by atoms with Crippen LogP contribution < -0.4 is 0 Å². The van der Waals surface area contributed by atoms with Crippen molar-refractivity contribution >= 4 is 0 Å². The molecule has 0 bridgehead atoms. The molecule has 0 atom stereocenters. The molecule has 0 aromatic heterocycles. The Balaban J connectivity index is 1.37. The van der Waals surface area contributed by atoms with Crippen LogP contribution in [0.1, 0.15) is 45.4 Å². The molecule has 1 aliphatic carbocycles. The average Bonchev–Trinajstić information content (AvgIpc) is 2.63. The topological polar surface area (TPSA) is 36.9 Å². The smallest absolute Gasteiger partial charge is 0.266 e. The van der Waals surface area contributed by atoms with E-state index >= 15 is 0 Å². The van der Waals surface area contributed by atoms with Crippen LogP contribution >= 0.6 is 0 Å². The first-order valence-corrected chi connectivity index (χ1v) is 9.65. The van der Waals surface area contributed by atoms with Gasteiger partial charge in [0.05, 0.1) is 32.3 Å². The summed E-state index contributed by atoms with van der Waals surface area (Å²) < 4.78 is 48.3. The van der Waals surface area contributed by atoms with Crippen LogP contribution in [0.5, 0.6) is 0 Å². The van der Waals surface area contributed by atoms with Gasteiger partial charge in [0.2, 0.25) is 0 Å². The molecule has 0 aromatic carbocycles. The molecule has 2 heterocycles. The van der Waals surface area contributed by atoms with Gasteiger partial charge in [-0.1, -0.05) is 13.3 Å². The van der Waals surface area contributed by atoms with E-state index in [0.717, 1.165) is 57.8 Å². The van der Waals surface area contributed by atoms with Gasteiger partial charge >= 0.3 is 0 Å². The SMILES string of the molecule is CCCC1COC(C2COC(C3CCC(C=C(F)F)CC3)OC2)OC1. The summed E-state index contributed by atoms with van der Waals surface area (Å²) >= 11 is 0. The monoisotopic (exact) mass is 360 g/mol. The van der Waals surface area contributed by atoms with Gasteiger partial charge in [0.15, 0.2) is 12.6 Å². The molecule has 0 amide bonds. The zero-order valence-electron chi connectivity index (χ0n) is 15.0. The van der Waals surface area contributed by atoms with Crippen molar-refractivity contribution in [2.45, 2.75) is 58.0 Å². The van der Waals surface area contributed by atoms with Gasteiger partial charge in [-0.05, 0) is 44.1 Å². The Hall–Kier alpha value is -0.560. The van der Waals surface area contributed by atoms with Crippen molar-refractivity contribution < 1.29 is 27.7 Å². The summed E-state index contributed by atoms with van der Waals surface area (Å²) in [6, 6.07) is 0. The van der Waals surface area contributed by atoms with E-state index in [-0.39, 0.29) is 24.4 Å². The molecule has 0 aromatic rings. The molecular weight excluding hydrogens is 330 g/mol. The van der Waals surface area contributed by atoms with E-state index in [4.69, 9.17) is 18.9 Å². The Morgan fingerprint density at radius 2 is 1.40 bits per heavy atom. The zero-order valence-corrected chi connectivity index (χ0v) is 15.0. The maximum Gasteiger partial charge on any atom is 0.266 e. The van der Waals surface area contributed by atoms with Crippen LogP contribution in [0.25, 0.3) is 0 Å². The molecule has 0 N–H and O–H groups in total. The standard InChI is InChI=1S/C19H30F2O4/c1-2-3-14-9-22-19(23-10-14)16-11-24-18(25-12-16)15-6-4-13(5-7-15)8-17(20)21/h8,13-16,18-19H,2-7,9-12H2,1H3. The van der Waals surface area contributed by atoms with Gasteiger partial charge in [-0.2, -0.15) is 8.78 Å². The van der Waals surface area contributed by atoms with Gasteiger partial charge in [-0.3, -0.25) is 0 Å². The van der Waals surface area contributed by atoms with Crippen molar-refractivity contribution in [1.29, 1.82) is 0 Å². The largest absolute Gasteiger partial charge is 0.352 e. The Morgan fingerprint density at radius 1 is 0.840 bits per heavy atom. The van der Waals surface area contributed by atoms with Gasteiger partial charge in [0, 0.05) is 11.8 Å². The van der Waals surface area contributed by atoms with E-state index < -0.39 is 6.08 Å². The highest BCUT2D eigenvalue weighted by atomic mass is 19.3. The lowest BCUT2D eigenvalue weighted by molar-refractivity contribution is -0.291. The van der Waals surface area contributed by atoms with Gasteiger partial charge in [0.1, 0.15) is 0 Å². The minimum atomic E-state index is -1.56. The van der Waals surface area contributed by atoms with Gasteiger partial charge in [-0.25, -0.2) is 0 Å². The second-order valence-corrected chi connectivity index (χ2v) is 7.62.